The van der Waals surface area contributed by atoms with Crippen molar-refractivity contribution in [3.63, 3.8) is 0 Å². The summed E-state index contributed by atoms with van der Waals surface area (Å²) in [6.45, 7) is 1.08. The maximum Gasteiger partial charge on any atom is 0.151 e. The summed E-state index contributed by atoms with van der Waals surface area (Å²) in [6, 6.07) is 7.71. The van der Waals surface area contributed by atoms with Crippen molar-refractivity contribution in [1.82, 2.24) is 9.78 Å². The van der Waals surface area contributed by atoms with E-state index >= 15 is 0 Å². The van der Waals surface area contributed by atoms with Crippen LogP contribution in [0.4, 0.5) is 5.82 Å². The molecule has 0 atom stereocenters. The van der Waals surface area contributed by atoms with E-state index < -0.39 is 0 Å². The highest BCUT2D eigenvalue weighted by Crippen LogP contribution is 2.30. The van der Waals surface area contributed by atoms with Gasteiger partial charge in [-0.25, -0.2) is 4.68 Å². The van der Waals surface area contributed by atoms with Crippen LogP contribution in [0.15, 0.2) is 24.3 Å². The second-order valence-electron chi connectivity index (χ2n) is 3.89. The van der Waals surface area contributed by atoms with Gasteiger partial charge >= 0.3 is 0 Å². The fraction of sp³-hybridized carbons (Fsp3) is 0.250. The standard InChI is InChI=1S/C12H13N3O2/c1-16-11-5-3-2-4-9(11)15-10-7-17-6-8(10)12(13)14-15/h2-5H,6-7H2,1H3,(H2,13,14). The van der Waals surface area contributed by atoms with Gasteiger partial charge in [0.05, 0.1) is 26.0 Å². The van der Waals surface area contributed by atoms with Gasteiger partial charge in [0, 0.05) is 5.56 Å². The average Bonchev–Trinajstić information content (AvgIpc) is 2.94. The molecular formula is C12H13N3O2. The van der Waals surface area contributed by atoms with Gasteiger partial charge in [0.1, 0.15) is 11.4 Å². The molecule has 0 bridgehead atoms. The van der Waals surface area contributed by atoms with Crippen LogP contribution in [0, 0.1) is 0 Å². The first-order valence-electron chi connectivity index (χ1n) is 5.38. The molecule has 0 saturated heterocycles. The Kier molecular flexibility index (Phi) is 2.26. The zero-order chi connectivity index (χ0) is 11.8. The Balaban J connectivity index is 2.19. The normalized spacial score (nSPS) is 13.7. The van der Waals surface area contributed by atoms with Crippen LogP contribution >= 0.6 is 0 Å². The topological polar surface area (TPSA) is 62.3 Å². The summed E-state index contributed by atoms with van der Waals surface area (Å²) in [5.41, 5.74) is 8.74. The van der Waals surface area contributed by atoms with E-state index in [0.29, 0.717) is 19.0 Å². The lowest BCUT2D eigenvalue weighted by atomic mass is 10.2. The van der Waals surface area contributed by atoms with Crippen molar-refractivity contribution in [2.45, 2.75) is 13.2 Å². The summed E-state index contributed by atoms with van der Waals surface area (Å²) < 4.78 is 12.5. The molecule has 0 amide bonds. The fourth-order valence-electron chi connectivity index (χ4n) is 2.06. The molecule has 2 heterocycles. The van der Waals surface area contributed by atoms with Gasteiger partial charge in [-0.1, -0.05) is 12.1 Å². The van der Waals surface area contributed by atoms with E-state index in [1.54, 1.807) is 11.8 Å². The van der Waals surface area contributed by atoms with Crippen LogP contribution in [0.5, 0.6) is 5.75 Å². The number of ether oxygens (including phenoxy) is 2. The number of fused-ring (bicyclic) bond motifs is 1. The Labute approximate surface area is 98.8 Å². The van der Waals surface area contributed by atoms with Crippen molar-refractivity contribution in [3.05, 3.63) is 35.5 Å². The predicted molar refractivity (Wildman–Crippen MR) is 63.0 cm³/mol. The van der Waals surface area contributed by atoms with Crippen LogP contribution < -0.4 is 10.5 Å². The summed E-state index contributed by atoms with van der Waals surface area (Å²) in [4.78, 5) is 0. The Hall–Kier alpha value is -2.01. The number of nitrogen functional groups attached to an aromatic ring is 1. The van der Waals surface area contributed by atoms with E-state index in [4.69, 9.17) is 15.2 Å². The van der Waals surface area contributed by atoms with Gasteiger partial charge in [0.15, 0.2) is 5.82 Å². The van der Waals surface area contributed by atoms with E-state index in [1.165, 1.54) is 0 Å². The Morgan fingerprint density at radius 3 is 3.00 bits per heavy atom. The molecule has 88 valence electrons. The number of aromatic nitrogens is 2. The Morgan fingerprint density at radius 2 is 2.18 bits per heavy atom. The monoisotopic (exact) mass is 231 g/mol. The van der Waals surface area contributed by atoms with Crippen LogP contribution in [0.3, 0.4) is 0 Å². The highest BCUT2D eigenvalue weighted by atomic mass is 16.5. The number of rotatable bonds is 2. The van der Waals surface area contributed by atoms with Crippen LogP contribution in [-0.4, -0.2) is 16.9 Å². The first kappa shape index (κ1) is 10.2. The molecular weight excluding hydrogens is 218 g/mol. The van der Waals surface area contributed by atoms with Crippen molar-refractivity contribution in [1.29, 1.82) is 0 Å². The number of nitrogens with two attached hydrogens (primary N) is 1. The average molecular weight is 231 g/mol. The Morgan fingerprint density at radius 1 is 1.35 bits per heavy atom. The molecule has 5 nitrogen and oxygen atoms in total. The third-order valence-corrected chi connectivity index (χ3v) is 2.92. The molecule has 1 aromatic carbocycles. The molecule has 1 aromatic heterocycles. The van der Waals surface area contributed by atoms with Crippen LogP contribution in [0.1, 0.15) is 11.3 Å². The molecule has 17 heavy (non-hydrogen) atoms. The van der Waals surface area contributed by atoms with Crippen molar-refractivity contribution < 1.29 is 9.47 Å². The lowest BCUT2D eigenvalue weighted by Gasteiger charge is -2.09. The van der Waals surface area contributed by atoms with Gasteiger partial charge in [-0.2, -0.15) is 0 Å². The molecule has 2 N–H and O–H groups in total. The largest absolute Gasteiger partial charge is 0.494 e. The summed E-state index contributed by atoms with van der Waals surface area (Å²) >= 11 is 0. The summed E-state index contributed by atoms with van der Waals surface area (Å²) in [5, 5.41) is 4.35. The van der Waals surface area contributed by atoms with Gasteiger partial charge in [0.25, 0.3) is 0 Å². The third kappa shape index (κ3) is 1.47. The number of methoxy groups -OCH3 is 1. The van der Waals surface area contributed by atoms with Crippen LogP contribution in [0.2, 0.25) is 0 Å². The second kappa shape index (κ2) is 3.78. The summed E-state index contributed by atoms with van der Waals surface area (Å²) in [6.07, 6.45) is 0. The molecule has 0 unspecified atom stereocenters. The number of hydrogen-bond donors (Lipinski definition) is 1. The predicted octanol–water partition coefficient (Wildman–Crippen LogP) is 1.49. The molecule has 5 heteroatoms. The lowest BCUT2D eigenvalue weighted by Crippen LogP contribution is -2.04. The minimum Gasteiger partial charge on any atom is -0.494 e. The quantitative estimate of drug-likeness (QED) is 0.850. The maximum absolute atomic E-state index is 5.87. The second-order valence-corrected chi connectivity index (χ2v) is 3.89. The number of hydrogen-bond acceptors (Lipinski definition) is 4. The van der Waals surface area contributed by atoms with Crippen molar-refractivity contribution in [3.8, 4) is 11.4 Å². The maximum atomic E-state index is 5.87. The molecule has 2 aromatic rings. The zero-order valence-electron chi connectivity index (χ0n) is 9.51. The minimum atomic E-state index is 0.531. The molecule has 0 aliphatic carbocycles. The van der Waals surface area contributed by atoms with E-state index in [9.17, 15) is 0 Å². The van der Waals surface area contributed by atoms with Gasteiger partial charge in [-0.3, -0.25) is 0 Å². The van der Waals surface area contributed by atoms with Crippen LogP contribution in [-0.2, 0) is 18.0 Å². The fourth-order valence-corrected chi connectivity index (χ4v) is 2.06. The molecule has 1 aliphatic rings. The summed E-state index contributed by atoms with van der Waals surface area (Å²) in [7, 11) is 1.64. The number of para-hydroxylation sites is 2. The SMILES string of the molecule is COc1ccccc1-n1nc(N)c2c1COC2. The van der Waals surface area contributed by atoms with Crippen molar-refractivity contribution in [2.24, 2.45) is 0 Å². The van der Waals surface area contributed by atoms with Gasteiger partial charge in [0.2, 0.25) is 0 Å². The van der Waals surface area contributed by atoms with Gasteiger partial charge in [-0.15, -0.1) is 5.10 Å². The third-order valence-electron chi connectivity index (χ3n) is 2.92. The van der Waals surface area contributed by atoms with Crippen molar-refractivity contribution in [2.75, 3.05) is 12.8 Å². The van der Waals surface area contributed by atoms with E-state index in [1.807, 2.05) is 24.3 Å². The molecule has 1 aliphatic heterocycles. The number of anilines is 1. The van der Waals surface area contributed by atoms with E-state index in [-0.39, 0.29) is 0 Å². The zero-order valence-corrected chi connectivity index (χ0v) is 9.51. The number of benzene rings is 1. The lowest BCUT2D eigenvalue weighted by molar-refractivity contribution is 0.131. The highest BCUT2D eigenvalue weighted by molar-refractivity contribution is 5.52. The minimum absolute atomic E-state index is 0.531. The first-order chi connectivity index (χ1) is 8.31. The van der Waals surface area contributed by atoms with Crippen LogP contribution in [0.25, 0.3) is 5.69 Å². The Bertz CT molecular complexity index is 563. The smallest absolute Gasteiger partial charge is 0.151 e. The first-order valence-corrected chi connectivity index (χ1v) is 5.38. The van der Waals surface area contributed by atoms with Crippen molar-refractivity contribution >= 4 is 5.82 Å². The van der Waals surface area contributed by atoms with E-state index in [2.05, 4.69) is 5.10 Å². The van der Waals surface area contributed by atoms with Gasteiger partial charge in [-0.05, 0) is 12.1 Å². The molecule has 0 radical (unpaired) electrons. The van der Waals surface area contributed by atoms with Gasteiger partial charge < -0.3 is 15.2 Å². The number of nitrogens with zero attached hydrogens (tertiary/aromatic N) is 2. The van der Waals surface area contributed by atoms with E-state index in [0.717, 1.165) is 22.7 Å². The molecule has 3 rings (SSSR count). The highest BCUT2D eigenvalue weighted by Gasteiger charge is 2.23. The summed E-state index contributed by atoms with van der Waals surface area (Å²) in [5.74, 6) is 1.30. The molecule has 0 saturated carbocycles. The molecule has 0 spiro atoms. The molecule has 0 fully saturated rings.